The van der Waals surface area contributed by atoms with Crippen LogP contribution in [0.25, 0.3) is 0 Å². The molecule has 2 aliphatic rings. The van der Waals surface area contributed by atoms with E-state index in [-0.39, 0.29) is 28.8 Å². The number of anilines is 1. The van der Waals surface area contributed by atoms with Crippen LogP contribution in [-0.4, -0.2) is 36.5 Å². The maximum atomic E-state index is 12.4. The summed E-state index contributed by atoms with van der Waals surface area (Å²) in [6.07, 6.45) is 0. The molecule has 2 aromatic carbocycles. The van der Waals surface area contributed by atoms with E-state index in [0.717, 1.165) is 4.90 Å². The number of amides is 3. The summed E-state index contributed by atoms with van der Waals surface area (Å²) in [6.45, 7) is 0.0502. The zero-order valence-corrected chi connectivity index (χ0v) is 13.7. The number of carbonyl (C=O) groups excluding carboxylic acids is 3. The first-order chi connectivity index (χ1) is 12.0. The monoisotopic (exact) mass is 358 g/mol. The van der Waals surface area contributed by atoms with Crippen LogP contribution in [0.4, 0.5) is 5.69 Å². The topological polar surface area (TPSA) is 84.9 Å². The van der Waals surface area contributed by atoms with Crippen LogP contribution in [0.1, 0.15) is 31.1 Å². The first kappa shape index (κ1) is 15.5. The summed E-state index contributed by atoms with van der Waals surface area (Å²) < 4.78 is 10.4. The van der Waals surface area contributed by atoms with Crippen molar-refractivity contribution >= 4 is 35.0 Å². The molecule has 126 valence electrons. The van der Waals surface area contributed by atoms with Gasteiger partial charge in [0.25, 0.3) is 17.7 Å². The number of benzene rings is 2. The van der Waals surface area contributed by atoms with Gasteiger partial charge in [0.2, 0.25) is 6.79 Å². The Morgan fingerprint density at radius 2 is 1.88 bits per heavy atom. The molecule has 0 spiro atoms. The van der Waals surface area contributed by atoms with Crippen molar-refractivity contribution in [3.05, 3.63) is 52.0 Å². The maximum absolute atomic E-state index is 12.4. The molecule has 3 amide bonds. The van der Waals surface area contributed by atoms with Gasteiger partial charge in [-0.05, 0) is 30.3 Å². The first-order valence-electron chi connectivity index (χ1n) is 7.32. The van der Waals surface area contributed by atoms with Crippen LogP contribution in [0.3, 0.4) is 0 Å². The number of rotatable bonds is 2. The zero-order chi connectivity index (χ0) is 17.7. The van der Waals surface area contributed by atoms with Crippen LogP contribution in [0.15, 0.2) is 30.3 Å². The van der Waals surface area contributed by atoms with E-state index in [4.69, 9.17) is 21.1 Å². The van der Waals surface area contributed by atoms with Crippen LogP contribution >= 0.6 is 11.6 Å². The second kappa shape index (κ2) is 5.49. The third kappa shape index (κ3) is 2.40. The van der Waals surface area contributed by atoms with Crippen molar-refractivity contribution in [3.8, 4) is 11.5 Å². The fourth-order valence-corrected chi connectivity index (χ4v) is 3.01. The molecule has 8 heteroatoms. The van der Waals surface area contributed by atoms with E-state index in [1.54, 1.807) is 6.07 Å². The van der Waals surface area contributed by atoms with Gasteiger partial charge in [-0.15, -0.1) is 0 Å². The molecule has 0 aliphatic carbocycles. The minimum absolute atomic E-state index is 0.0502. The van der Waals surface area contributed by atoms with E-state index in [0.29, 0.717) is 22.7 Å². The van der Waals surface area contributed by atoms with Crippen molar-refractivity contribution in [2.45, 2.75) is 0 Å². The second-order valence-corrected chi connectivity index (χ2v) is 5.98. The molecule has 4 rings (SSSR count). The summed E-state index contributed by atoms with van der Waals surface area (Å²) in [4.78, 5) is 37.4. The van der Waals surface area contributed by atoms with Crippen LogP contribution in [-0.2, 0) is 0 Å². The van der Waals surface area contributed by atoms with Crippen molar-refractivity contribution in [3.63, 3.8) is 0 Å². The Labute approximate surface area is 147 Å². The summed E-state index contributed by atoms with van der Waals surface area (Å²) in [5.74, 6) is -0.384. The highest BCUT2D eigenvalue weighted by Gasteiger charge is 2.32. The average Bonchev–Trinajstić information content (AvgIpc) is 3.15. The normalized spacial score (nSPS) is 14.7. The standard InChI is InChI=1S/C17H11ClN2O5/c1-20-16(22)10-3-2-9(6-11(10)17(20)23)19-15(21)8-4-12(18)14-13(5-8)24-7-25-14/h2-6H,7H2,1H3,(H,19,21). The number of hydrogen-bond acceptors (Lipinski definition) is 5. The van der Waals surface area contributed by atoms with E-state index in [1.165, 1.54) is 31.3 Å². The molecule has 2 aromatic rings. The molecule has 1 N–H and O–H groups in total. The molecular weight excluding hydrogens is 348 g/mol. The van der Waals surface area contributed by atoms with Gasteiger partial charge in [0, 0.05) is 18.3 Å². The van der Waals surface area contributed by atoms with Crippen molar-refractivity contribution in [2.24, 2.45) is 0 Å². The summed E-state index contributed by atoms with van der Waals surface area (Å²) in [7, 11) is 1.41. The predicted octanol–water partition coefficient (Wildman–Crippen LogP) is 2.55. The molecule has 7 nitrogen and oxygen atoms in total. The number of nitrogens with one attached hydrogen (secondary N) is 1. The van der Waals surface area contributed by atoms with Crippen molar-refractivity contribution in [1.29, 1.82) is 0 Å². The highest BCUT2D eigenvalue weighted by atomic mass is 35.5. The smallest absolute Gasteiger partial charge is 0.261 e. The molecule has 0 radical (unpaired) electrons. The number of carbonyl (C=O) groups is 3. The number of hydrogen-bond donors (Lipinski definition) is 1. The molecule has 2 heterocycles. The Hall–Kier alpha value is -3.06. The van der Waals surface area contributed by atoms with Gasteiger partial charge >= 0.3 is 0 Å². The number of nitrogens with zero attached hydrogens (tertiary/aromatic N) is 1. The lowest BCUT2D eigenvalue weighted by molar-refractivity contribution is 0.0692. The van der Waals surface area contributed by atoms with Crippen LogP contribution < -0.4 is 14.8 Å². The van der Waals surface area contributed by atoms with Gasteiger partial charge in [-0.1, -0.05) is 11.6 Å². The third-order valence-electron chi connectivity index (χ3n) is 4.04. The van der Waals surface area contributed by atoms with Crippen molar-refractivity contribution in [2.75, 3.05) is 19.2 Å². The molecule has 0 bridgehead atoms. The Kier molecular flexibility index (Phi) is 3.40. The maximum Gasteiger partial charge on any atom is 0.261 e. The van der Waals surface area contributed by atoms with Gasteiger partial charge in [0.1, 0.15) is 0 Å². The van der Waals surface area contributed by atoms with Crippen LogP contribution in [0.5, 0.6) is 11.5 Å². The van der Waals surface area contributed by atoms with E-state index in [9.17, 15) is 14.4 Å². The van der Waals surface area contributed by atoms with Gasteiger partial charge in [-0.25, -0.2) is 0 Å². The highest BCUT2D eigenvalue weighted by molar-refractivity contribution is 6.33. The average molecular weight is 359 g/mol. The Balaban J connectivity index is 1.62. The molecule has 0 saturated heterocycles. The van der Waals surface area contributed by atoms with Crippen molar-refractivity contribution < 1.29 is 23.9 Å². The Morgan fingerprint density at radius 3 is 2.68 bits per heavy atom. The minimum Gasteiger partial charge on any atom is -0.454 e. The molecular formula is C17H11ClN2O5. The molecule has 0 atom stereocenters. The number of imide groups is 1. The Morgan fingerprint density at radius 1 is 1.12 bits per heavy atom. The van der Waals surface area contributed by atoms with Gasteiger partial charge in [0.15, 0.2) is 11.5 Å². The fourth-order valence-electron chi connectivity index (χ4n) is 2.74. The minimum atomic E-state index is -0.426. The lowest BCUT2D eigenvalue weighted by Gasteiger charge is -2.08. The largest absolute Gasteiger partial charge is 0.454 e. The van der Waals surface area contributed by atoms with Gasteiger partial charge < -0.3 is 14.8 Å². The number of fused-ring (bicyclic) bond motifs is 2. The number of halogens is 1. The predicted molar refractivity (Wildman–Crippen MR) is 88.4 cm³/mol. The number of ether oxygens (including phenoxy) is 2. The molecule has 0 aromatic heterocycles. The van der Waals surface area contributed by atoms with Crippen LogP contribution in [0, 0.1) is 0 Å². The van der Waals surface area contributed by atoms with Gasteiger partial charge in [-0.2, -0.15) is 0 Å². The summed E-state index contributed by atoms with van der Waals surface area (Å²) >= 11 is 6.08. The lowest BCUT2D eigenvalue weighted by Crippen LogP contribution is -2.24. The van der Waals surface area contributed by atoms with Gasteiger partial charge in [-0.3, -0.25) is 19.3 Å². The quantitative estimate of drug-likeness (QED) is 0.834. The molecule has 0 fully saturated rings. The molecule has 25 heavy (non-hydrogen) atoms. The summed E-state index contributed by atoms with van der Waals surface area (Å²) in [6, 6.07) is 7.56. The SMILES string of the molecule is CN1C(=O)c2ccc(NC(=O)c3cc(Cl)c4c(c3)OCO4)cc2C1=O. The van der Waals surface area contributed by atoms with E-state index in [2.05, 4.69) is 5.32 Å². The lowest BCUT2D eigenvalue weighted by atomic mass is 10.1. The zero-order valence-electron chi connectivity index (χ0n) is 13.0. The highest BCUT2D eigenvalue weighted by Crippen LogP contribution is 2.40. The molecule has 0 unspecified atom stereocenters. The van der Waals surface area contributed by atoms with Crippen molar-refractivity contribution in [1.82, 2.24) is 4.90 Å². The fraction of sp³-hybridized carbons (Fsp3) is 0.118. The van der Waals surface area contributed by atoms with E-state index < -0.39 is 11.8 Å². The van der Waals surface area contributed by atoms with Crippen LogP contribution in [0.2, 0.25) is 5.02 Å². The Bertz CT molecular complexity index is 956. The third-order valence-corrected chi connectivity index (χ3v) is 4.32. The van der Waals surface area contributed by atoms with Gasteiger partial charge in [0.05, 0.1) is 16.1 Å². The molecule has 2 aliphatic heterocycles. The summed E-state index contributed by atoms with van der Waals surface area (Å²) in [5, 5.41) is 2.96. The van der Waals surface area contributed by atoms with E-state index in [1.807, 2.05) is 0 Å². The second-order valence-electron chi connectivity index (χ2n) is 5.58. The summed E-state index contributed by atoms with van der Waals surface area (Å²) in [5.41, 5.74) is 1.26. The van der Waals surface area contributed by atoms with E-state index >= 15 is 0 Å². The first-order valence-corrected chi connectivity index (χ1v) is 7.70. The molecule has 0 saturated carbocycles.